The Balaban J connectivity index is 1.90. The summed E-state index contributed by atoms with van der Waals surface area (Å²) in [7, 11) is 4.08. The number of phenols is 1. The van der Waals surface area contributed by atoms with Gasteiger partial charge in [-0.25, -0.2) is 0 Å². The van der Waals surface area contributed by atoms with E-state index in [1.165, 1.54) is 5.56 Å². The van der Waals surface area contributed by atoms with Crippen molar-refractivity contribution in [3.05, 3.63) is 108 Å². The van der Waals surface area contributed by atoms with Gasteiger partial charge < -0.3 is 10.0 Å². The summed E-state index contributed by atoms with van der Waals surface area (Å²) in [5.41, 5.74) is 4.42. The SMILES string of the molecule is CN(C)c1ccc(C(c2ccccc2)c2ccc3ccccc3c2O)cc1. The predicted molar refractivity (Wildman–Crippen MR) is 114 cm³/mol. The molecular weight excluding hydrogens is 330 g/mol. The zero-order chi connectivity index (χ0) is 18.8. The second-order valence-electron chi connectivity index (χ2n) is 7.05. The standard InChI is InChI=1S/C25H23NO/c1-26(2)21-15-12-20(13-16-21)24(19-9-4-3-5-10-19)23-17-14-18-8-6-7-11-22(18)25(23)27/h3-17,24,27H,1-2H3. The first kappa shape index (κ1) is 17.2. The summed E-state index contributed by atoms with van der Waals surface area (Å²) in [5.74, 6) is 0.339. The minimum Gasteiger partial charge on any atom is -0.507 e. The highest BCUT2D eigenvalue weighted by Crippen LogP contribution is 2.40. The fraction of sp³-hybridized carbons (Fsp3) is 0.120. The highest BCUT2D eigenvalue weighted by atomic mass is 16.3. The molecule has 0 bridgehead atoms. The van der Waals surface area contributed by atoms with E-state index in [0.717, 1.165) is 27.6 Å². The molecule has 1 unspecified atom stereocenters. The maximum absolute atomic E-state index is 11.1. The summed E-state index contributed by atoms with van der Waals surface area (Å²) in [5, 5.41) is 13.0. The van der Waals surface area contributed by atoms with Crippen molar-refractivity contribution >= 4 is 16.5 Å². The van der Waals surface area contributed by atoms with Crippen LogP contribution in [0.15, 0.2) is 91.0 Å². The van der Waals surface area contributed by atoms with E-state index in [1.807, 2.05) is 44.4 Å². The molecule has 4 aromatic rings. The quantitative estimate of drug-likeness (QED) is 0.469. The highest BCUT2D eigenvalue weighted by Gasteiger charge is 2.21. The lowest BCUT2D eigenvalue weighted by Gasteiger charge is -2.22. The fourth-order valence-corrected chi connectivity index (χ4v) is 3.67. The number of rotatable bonds is 4. The monoisotopic (exact) mass is 353 g/mol. The van der Waals surface area contributed by atoms with Crippen LogP contribution in [-0.4, -0.2) is 19.2 Å². The van der Waals surface area contributed by atoms with Gasteiger partial charge in [-0.05, 0) is 28.6 Å². The van der Waals surface area contributed by atoms with Crippen LogP contribution in [0.3, 0.4) is 0 Å². The summed E-state index contributed by atoms with van der Waals surface area (Å²) < 4.78 is 0. The van der Waals surface area contributed by atoms with E-state index in [2.05, 4.69) is 65.6 Å². The van der Waals surface area contributed by atoms with Gasteiger partial charge in [0.25, 0.3) is 0 Å². The van der Waals surface area contributed by atoms with Crippen LogP contribution in [-0.2, 0) is 0 Å². The molecule has 0 fully saturated rings. The Hall–Kier alpha value is -3.26. The number of anilines is 1. The average molecular weight is 353 g/mol. The van der Waals surface area contributed by atoms with E-state index in [0.29, 0.717) is 5.75 Å². The first-order valence-electron chi connectivity index (χ1n) is 9.18. The van der Waals surface area contributed by atoms with Gasteiger partial charge in [0.05, 0.1) is 0 Å². The first-order valence-corrected chi connectivity index (χ1v) is 9.18. The van der Waals surface area contributed by atoms with E-state index in [1.54, 1.807) is 0 Å². The zero-order valence-electron chi connectivity index (χ0n) is 15.6. The smallest absolute Gasteiger partial charge is 0.127 e. The van der Waals surface area contributed by atoms with Crippen LogP contribution in [0.2, 0.25) is 0 Å². The molecule has 0 saturated carbocycles. The molecule has 0 saturated heterocycles. The number of phenolic OH excluding ortho intramolecular Hbond substituents is 1. The molecule has 134 valence electrons. The summed E-state index contributed by atoms with van der Waals surface area (Å²) in [6.07, 6.45) is 0. The third-order valence-corrected chi connectivity index (χ3v) is 5.12. The van der Waals surface area contributed by atoms with Gasteiger partial charge in [0.15, 0.2) is 0 Å². The van der Waals surface area contributed by atoms with E-state index in [-0.39, 0.29) is 5.92 Å². The Bertz CT molecular complexity index is 1050. The molecule has 2 heteroatoms. The van der Waals surface area contributed by atoms with Crippen molar-refractivity contribution in [1.82, 2.24) is 0 Å². The lowest BCUT2D eigenvalue weighted by Crippen LogP contribution is -2.09. The third kappa shape index (κ3) is 3.26. The zero-order valence-corrected chi connectivity index (χ0v) is 15.6. The maximum Gasteiger partial charge on any atom is 0.127 e. The second-order valence-corrected chi connectivity index (χ2v) is 7.05. The molecule has 0 aromatic heterocycles. The molecule has 2 nitrogen and oxygen atoms in total. The summed E-state index contributed by atoms with van der Waals surface area (Å²) in [6, 6.07) is 31.1. The molecule has 0 aliphatic rings. The van der Waals surface area contributed by atoms with Crippen molar-refractivity contribution in [3.63, 3.8) is 0 Å². The van der Waals surface area contributed by atoms with E-state index >= 15 is 0 Å². The van der Waals surface area contributed by atoms with E-state index < -0.39 is 0 Å². The van der Waals surface area contributed by atoms with Crippen LogP contribution in [0, 0.1) is 0 Å². The number of aromatic hydroxyl groups is 1. The molecular formula is C25H23NO. The Morgan fingerprint density at radius 1 is 0.667 bits per heavy atom. The van der Waals surface area contributed by atoms with E-state index in [4.69, 9.17) is 0 Å². The van der Waals surface area contributed by atoms with Crippen molar-refractivity contribution < 1.29 is 5.11 Å². The van der Waals surface area contributed by atoms with Crippen LogP contribution >= 0.6 is 0 Å². The second kappa shape index (κ2) is 7.16. The minimum atomic E-state index is -0.0213. The first-order chi connectivity index (χ1) is 13.1. The summed E-state index contributed by atoms with van der Waals surface area (Å²) in [6.45, 7) is 0. The summed E-state index contributed by atoms with van der Waals surface area (Å²) >= 11 is 0. The van der Waals surface area contributed by atoms with Gasteiger partial charge in [0.1, 0.15) is 5.75 Å². The van der Waals surface area contributed by atoms with Crippen molar-refractivity contribution in [2.45, 2.75) is 5.92 Å². The number of hydrogen-bond donors (Lipinski definition) is 1. The molecule has 4 rings (SSSR count). The molecule has 0 aliphatic carbocycles. The van der Waals surface area contributed by atoms with Gasteiger partial charge in [0, 0.05) is 36.7 Å². The van der Waals surface area contributed by atoms with Crippen molar-refractivity contribution in [3.8, 4) is 5.75 Å². The molecule has 1 N–H and O–H groups in total. The van der Waals surface area contributed by atoms with Crippen LogP contribution in [0.25, 0.3) is 10.8 Å². The fourth-order valence-electron chi connectivity index (χ4n) is 3.67. The van der Waals surface area contributed by atoms with Gasteiger partial charge in [-0.1, -0.05) is 78.9 Å². The lowest BCUT2D eigenvalue weighted by atomic mass is 9.83. The Morgan fingerprint density at radius 2 is 1.30 bits per heavy atom. The largest absolute Gasteiger partial charge is 0.507 e. The number of benzene rings is 4. The highest BCUT2D eigenvalue weighted by molar-refractivity contribution is 5.89. The molecule has 1 atom stereocenters. The average Bonchev–Trinajstić information content (AvgIpc) is 2.71. The van der Waals surface area contributed by atoms with Crippen molar-refractivity contribution in [2.75, 3.05) is 19.0 Å². The van der Waals surface area contributed by atoms with Gasteiger partial charge in [-0.3, -0.25) is 0 Å². The number of fused-ring (bicyclic) bond motifs is 1. The molecule has 0 amide bonds. The van der Waals surface area contributed by atoms with Crippen molar-refractivity contribution in [1.29, 1.82) is 0 Å². The summed E-state index contributed by atoms with van der Waals surface area (Å²) in [4.78, 5) is 2.09. The molecule has 4 aromatic carbocycles. The molecule has 0 heterocycles. The Kier molecular flexibility index (Phi) is 4.55. The van der Waals surface area contributed by atoms with Crippen molar-refractivity contribution in [2.24, 2.45) is 0 Å². The van der Waals surface area contributed by atoms with Crippen LogP contribution in [0.4, 0.5) is 5.69 Å². The normalized spacial score (nSPS) is 12.1. The van der Waals surface area contributed by atoms with Gasteiger partial charge in [-0.15, -0.1) is 0 Å². The molecule has 0 spiro atoms. The Morgan fingerprint density at radius 3 is 2.00 bits per heavy atom. The Labute approximate surface area is 160 Å². The van der Waals surface area contributed by atoms with Gasteiger partial charge in [-0.2, -0.15) is 0 Å². The maximum atomic E-state index is 11.1. The molecule has 0 radical (unpaired) electrons. The lowest BCUT2D eigenvalue weighted by molar-refractivity contribution is 0.473. The predicted octanol–water partition coefficient (Wildman–Crippen LogP) is 5.79. The number of nitrogens with zero attached hydrogens (tertiary/aromatic N) is 1. The third-order valence-electron chi connectivity index (χ3n) is 5.12. The van der Waals surface area contributed by atoms with Crippen LogP contribution < -0.4 is 4.90 Å². The van der Waals surface area contributed by atoms with E-state index in [9.17, 15) is 5.11 Å². The topological polar surface area (TPSA) is 23.5 Å². The number of hydrogen-bond acceptors (Lipinski definition) is 2. The van der Waals surface area contributed by atoms with Crippen LogP contribution in [0.5, 0.6) is 5.75 Å². The molecule has 0 aliphatic heterocycles. The molecule has 27 heavy (non-hydrogen) atoms. The van der Waals surface area contributed by atoms with Gasteiger partial charge >= 0.3 is 0 Å². The minimum absolute atomic E-state index is 0.0213. The van der Waals surface area contributed by atoms with Crippen LogP contribution in [0.1, 0.15) is 22.6 Å². The van der Waals surface area contributed by atoms with Gasteiger partial charge in [0.2, 0.25) is 0 Å².